The summed E-state index contributed by atoms with van der Waals surface area (Å²) < 4.78 is 2.27. The van der Waals surface area contributed by atoms with E-state index in [4.69, 9.17) is 0 Å². The molecule has 2 unspecified atom stereocenters. The molecule has 2 rings (SSSR count). The molecule has 0 amide bonds. The second-order valence-corrected chi connectivity index (χ2v) is 9.13. The Balaban J connectivity index is 1.76. The highest BCUT2D eigenvalue weighted by molar-refractivity contribution is 7.99. The molecule has 1 aliphatic carbocycles. The molecule has 1 aromatic heterocycles. The first-order valence-electron chi connectivity index (χ1n) is 9.53. The average Bonchev–Trinajstić information content (AvgIpc) is 3.23. The first kappa shape index (κ1) is 21.4. The molecule has 0 spiro atoms. The number of aliphatic imine (C=N–C) groups is 1. The molecule has 1 heterocycles. The Kier molecular flexibility index (Phi) is 9.11. The van der Waals surface area contributed by atoms with Gasteiger partial charge in [0.25, 0.3) is 0 Å². The lowest BCUT2D eigenvalue weighted by Crippen LogP contribution is -2.43. The summed E-state index contributed by atoms with van der Waals surface area (Å²) in [6.07, 6.45) is 10.00. The lowest BCUT2D eigenvalue weighted by atomic mass is 10.2. The van der Waals surface area contributed by atoms with E-state index < -0.39 is 0 Å². The van der Waals surface area contributed by atoms with Crippen LogP contribution in [-0.4, -0.2) is 58.1 Å². The molecule has 0 aliphatic heterocycles. The number of hydrogen-bond donors (Lipinski definition) is 2. The van der Waals surface area contributed by atoms with Crippen LogP contribution in [0.25, 0.3) is 0 Å². The summed E-state index contributed by atoms with van der Waals surface area (Å²) in [6.45, 7) is 6.33. The Morgan fingerprint density at radius 3 is 2.73 bits per heavy atom. The fourth-order valence-corrected chi connectivity index (χ4v) is 4.65. The topological polar surface area (TPSA) is 67.1 Å². The molecule has 148 valence electrons. The van der Waals surface area contributed by atoms with Crippen LogP contribution in [0.3, 0.4) is 0 Å². The van der Waals surface area contributed by atoms with Gasteiger partial charge < -0.3 is 15.2 Å². The van der Waals surface area contributed by atoms with Gasteiger partial charge in [0.15, 0.2) is 11.1 Å². The predicted molar refractivity (Wildman–Crippen MR) is 114 cm³/mol. The van der Waals surface area contributed by atoms with Crippen molar-refractivity contribution in [3.8, 4) is 0 Å². The Bertz CT molecular complexity index is 572. The lowest BCUT2D eigenvalue weighted by Gasteiger charge is -2.17. The minimum absolute atomic E-state index is 0.553. The Hall–Kier alpha value is -0.890. The van der Waals surface area contributed by atoms with Crippen LogP contribution in [0.2, 0.25) is 0 Å². The van der Waals surface area contributed by atoms with Crippen LogP contribution in [-0.2, 0) is 13.0 Å². The summed E-state index contributed by atoms with van der Waals surface area (Å²) in [5.74, 6) is 2.60. The molecule has 2 N–H and O–H groups in total. The predicted octanol–water partition coefficient (Wildman–Crippen LogP) is 3.04. The van der Waals surface area contributed by atoms with E-state index in [1.807, 2.05) is 18.8 Å². The number of rotatable bonds is 9. The van der Waals surface area contributed by atoms with Gasteiger partial charge in [0.05, 0.1) is 0 Å². The third-order valence-electron chi connectivity index (χ3n) is 4.68. The Morgan fingerprint density at radius 2 is 2.12 bits per heavy atom. The molecule has 1 aromatic rings. The van der Waals surface area contributed by atoms with E-state index in [2.05, 4.69) is 56.7 Å². The van der Waals surface area contributed by atoms with Gasteiger partial charge in [0.2, 0.25) is 0 Å². The van der Waals surface area contributed by atoms with Crippen molar-refractivity contribution in [1.82, 2.24) is 25.4 Å². The van der Waals surface area contributed by atoms with Crippen molar-refractivity contribution in [2.45, 2.75) is 68.9 Å². The summed E-state index contributed by atoms with van der Waals surface area (Å²) >= 11 is 3.65. The molecule has 26 heavy (non-hydrogen) atoms. The number of nitrogens with zero attached hydrogens (tertiary/aromatic N) is 4. The number of thioether (sulfide) groups is 2. The van der Waals surface area contributed by atoms with E-state index >= 15 is 0 Å². The number of hydrogen-bond acceptors (Lipinski definition) is 5. The highest BCUT2D eigenvalue weighted by atomic mass is 32.2. The van der Waals surface area contributed by atoms with Crippen molar-refractivity contribution in [3.05, 3.63) is 5.82 Å². The molecule has 1 saturated carbocycles. The SMILES string of the molecule is CN=C(NCCCc1nnc(SC)n1CC(C)C)NC1CCC(SC)C1. The van der Waals surface area contributed by atoms with Crippen molar-refractivity contribution in [1.29, 1.82) is 0 Å². The quantitative estimate of drug-likeness (QED) is 0.288. The number of aromatic nitrogens is 3. The van der Waals surface area contributed by atoms with E-state index in [1.54, 1.807) is 11.8 Å². The summed E-state index contributed by atoms with van der Waals surface area (Å²) in [4.78, 5) is 4.37. The fraction of sp³-hybridized carbons (Fsp3) is 0.833. The van der Waals surface area contributed by atoms with Gasteiger partial charge in [0.1, 0.15) is 5.82 Å². The van der Waals surface area contributed by atoms with Crippen LogP contribution in [0.15, 0.2) is 10.1 Å². The molecule has 8 heteroatoms. The van der Waals surface area contributed by atoms with Crippen molar-refractivity contribution < 1.29 is 0 Å². The van der Waals surface area contributed by atoms with E-state index in [9.17, 15) is 0 Å². The van der Waals surface area contributed by atoms with Crippen molar-refractivity contribution in [2.75, 3.05) is 26.1 Å². The molecule has 0 saturated heterocycles. The smallest absolute Gasteiger partial charge is 0.191 e. The maximum absolute atomic E-state index is 4.39. The van der Waals surface area contributed by atoms with Crippen molar-refractivity contribution in [3.63, 3.8) is 0 Å². The lowest BCUT2D eigenvalue weighted by molar-refractivity contribution is 0.477. The summed E-state index contributed by atoms with van der Waals surface area (Å²) in [7, 11) is 1.85. The van der Waals surface area contributed by atoms with Gasteiger partial charge >= 0.3 is 0 Å². The summed E-state index contributed by atoms with van der Waals surface area (Å²) in [5.41, 5.74) is 0. The molecular weight excluding hydrogens is 364 g/mol. The molecule has 0 radical (unpaired) electrons. The minimum Gasteiger partial charge on any atom is -0.356 e. The van der Waals surface area contributed by atoms with Gasteiger partial charge in [-0.25, -0.2) is 0 Å². The van der Waals surface area contributed by atoms with Gasteiger partial charge in [0, 0.05) is 37.8 Å². The zero-order chi connectivity index (χ0) is 18.9. The largest absolute Gasteiger partial charge is 0.356 e. The second kappa shape index (κ2) is 11.1. The maximum Gasteiger partial charge on any atom is 0.191 e. The number of aryl methyl sites for hydroxylation is 1. The standard InChI is InChI=1S/C18H34N6S2/c1-13(2)12-24-16(22-23-18(24)26-5)7-6-10-20-17(19-3)21-14-8-9-15(11-14)25-4/h13-15H,6-12H2,1-5H3,(H2,19,20,21). The number of guanidine groups is 1. The van der Waals surface area contributed by atoms with Gasteiger partial charge in [-0.3, -0.25) is 4.99 Å². The molecule has 0 bridgehead atoms. The molecule has 2 atom stereocenters. The molecule has 6 nitrogen and oxygen atoms in total. The van der Waals surface area contributed by atoms with Gasteiger partial charge in [-0.1, -0.05) is 25.6 Å². The third kappa shape index (κ3) is 6.37. The van der Waals surface area contributed by atoms with Crippen LogP contribution in [0.5, 0.6) is 0 Å². The van der Waals surface area contributed by atoms with Crippen LogP contribution < -0.4 is 10.6 Å². The Morgan fingerprint density at radius 1 is 1.31 bits per heavy atom. The molecule has 1 fully saturated rings. The van der Waals surface area contributed by atoms with Crippen LogP contribution >= 0.6 is 23.5 Å². The minimum atomic E-state index is 0.553. The first-order valence-corrected chi connectivity index (χ1v) is 12.0. The van der Waals surface area contributed by atoms with Gasteiger partial charge in [-0.05, 0) is 44.1 Å². The van der Waals surface area contributed by atoms with Crippen LogP contribution in [0, 0.1) is 5.92 Å². The number of nitrogens with one attached hydrogen (secondary N) is 2. The molecular formula is C18H34N6S2. The van der Waals surface area contributed by atoms with E-state index in [0.717, 1.165) is 48.1 Å². The van der Waals surface area contributed by atoms with E-state index in [1.165, 1.54) is 19.3 Å². The highest BCUT2D eigenvalue weighted by Gasteiger charge is 2.24. The summed E-state index contributed by atoms with van der Waals surface area (Å²) in [5, 5.41) is 17.5. The van der Waals surface area contributed by atoms with Crippen LogP contribution in [0.4, 0.5) is 0 Å². The highest BCUT2D eigenvalue weighted by Crippen LogP contribution is 2.28. The normalized spacial score (nSPS) is 20.8. The Labute approximate surface area is 166 Å². The average molecular weight is 399 g/mol. The first-order chi connectivity index (χ1) is 12.6. The van der Waals surface area contributed by atoms with Gasteiger partial charge in [-0.2, -0.15) is 11.8 Å². The second-order valence-electron chi connectivity index (χ2n) is 7.22. The van der Waals surface area contributed by atoms with Crippen molar-refractivity contribution in [2.24, 2.45) is 10.9 Å². The molecule has 0 aromatic carbocycles. The maximum atomic E-state index is 4.39. The zero-order valence-corrected chi connectivity index (χ0v) is 18.4. The van der Waals surface area contributed by atoms with Gasteiger partial charge in [-0.15, -0.1) is 10.2 Å². The monoisotopic (exact) mass is 398 g/mol. The summed E-state index contributed by atoms with van der Waals surface area (Å²) in [6, 6.07) is 0.553. The molecule has 1 aliphatic rings. The fourth-order valence-electron chi connectivity index (χ4n) is 3.33. The van der Waals surface area contributed by atoms with E-state index in [0.29, 0.717) is 12.0 Å². The third-order valence-corrected chi connectivity index (χ3v) is 6.44. The van der Waals surface area contributed by atoms with Crippen LogP contribution in [0.1, 0.15) is 45.4 Å². The van der Waals surface area contributed by atoms with Crippen molar-refractivity contribution >= 4 is 29.5 Å². The zero-order valence-electron chi connectivity index (χ0n) is 16.8. The van der Waals surface area contributed by atoms with E-state index in [-0.39, 0.29) is 0 Å².